The second-order valence-electron chi connectivity index (χ2n) is 4.95. The molecule has 10 nitrogen and oxygen atoms in total. The first kappa shape index (κ1) is 17.2. The van der Waals surface area contributed by atoms with Crippen LogP contribution in [0.4, 0.5) is 5.13 Å². The Hall–Kier alpha value is -2.60. The summed E-state index contributed by atoms with van der Waals surface area (Å²) in [5.74, 6) is -2.24. The molecular formula is C13H12N5O5S2-. The van der Waals surface area contributed by atoms with Crippen LogP contribution in [0.25, 0.3) is 0 Å². The molecule has 1 aromatic heterocycles. The number of amides is 2. The molecule has 0 spiro atoms. The van der Waals surface area contributed by atoms with Gasteiger partial charge in [-0.05, 0) is 6.08 Å². The lowest BCUT2D eigenvalue weighted by molar-refractivity contribution is -0.301. The number of fused-ring (bicyclic) bond motifs is 1. The number of thiazole rings is 1. The van der Waals surface area contributed by atoms with E-state index in [2.05, 4.69) is 20.3 Å². The molecule has 0 saturated carbocycles. The van der Waals surface area contributed by atoms with E-state index in [-0.39, 0.29) is 22.2 Å². The van der Waals surface area contributed by atoms with Crippen molar-refractivity contribution in [3.63, 3.8) is 0 Å². The molecule has 2 aliphatic rings. The second-order valence-corrected chi connectivity index (χ2v) is 6.99. The van der Waals surface area contributed by atoms with Gasteiger partial charge in [0.15, 0.2) is 10.8 Å². The zero-order valence-electron chi connectivity index (χ0n) is 12.8. The average molecular weight is 382 g/mol. The van der Waals surface area contributed by atoms with E-state index in [9.17, 15) is 19.5 Å². The van der Waals surface area contributed by atoms with Crippen LogP contribution < -0.4 is 16.2 Å². The van der Waals surface area contributed by atoms with Gasteiger partial charge in [0.2, 0.25) is 0 Å². The van der Waals surface area contributed by atoms with Crippen molar-refractivity contribution >= 4 is 51.7 Å². The third-order valence-electron chi connectivity index (χ3n) is 3.50. The van der Waals surface area contributed by atoms with E-state index in [4.69, 9.17) is 5.73 Å². The van der Waals surface area contributed by atoms with Crippen LogP contribution in [-0.4, -0.2) is 57.7 Å². The Balaban J connectivity index is 1.75. The maximum atomic E-state index is 12.5. The molecule has 1 aromatic rings. The third-order valence-corrected chi connectivity index (χ3v) is 5.36. The van der Waals surface area contributed by atoms with Gasteiger partial charge in [0.05, 0.1) is 11.7 Å². The summed E-state index contributed by atoms with van der Waals surface area (Å²) < 4.78 is 0. The topological polar surface area (TPSA) is 150 Å². The molecule has 1 fully saturated rings. The van der Waals surface area contributed by atoms with E-state index in [0.717, 1.165) is 16.2 Å². The number of carboxylic acid groups (broad SMARTS) is 1. The molecule has 132 valence electrons. The van der Waals surface area contributed by atoms with E-state index in [1.807, 2.05) is 0 Å². The minimum atomic E-state index is -1.43. The predicted octanol–water partition coefficient (Wildman–Crippen LogP) is -1.89. The summed E-state index contributed by atoms with van der Waals surface area (Å²) in [7, 11) is 1.27. The summed E-state index contributed by atoms with van der Waals surface area (Å²) in [4.78, 5) is 45.5. The van der Waals surface area contributed by atoms with E-state index in [1.54, 1.807) is 0 Å². The van der Waals surface area contributed by atoms with Crippen molar-refractivity contribution in [3.8, 4) is 0 Å². The number of hydrogen-bond acceptors (Lipinski definition) is 10. The first-order chi connectivity index (χ1) is 11.9. The number of thioether (sulfide) groups is 1. The van der Waals surface area contributed by atoms with Gasteiger partial charge in [0.1, 0.15) is 24.2 Å². The molecule has 2 unspecified atom stereocenters. The number of oxime groups is 1. The van der Waals surface area contributed by atoms with Gasteiger partial charge >= 0.3 is 0 Å². The fourth-order valence-electron chi connectivity index (χ4n) is 2.43. The maximum absolute atomic E-state index is 12.5. The molecule has 3 heterocycles. The van der Waals surface area contributed by atoms with Crippen molar-refractivity contribution in [2.24, 2.45) is 5.16 Å². The lowest BCUT2D eigenvalue weighted by atomic mass is 10.0. The minimum absolute atomic E-state index is 0.127. The zero-order chi connectivity index (χ0) is 18.1. The third kappa shape index (κ3) is 3.05. The van der Waals surface area contributed by atoms with Crippen LogP contribution in [0.5, 0.6) is 0 Å². The molecular weight excluding hydrogens is 370 g/mol. The normalized spacial score (nSPS) is 22.6. The Labute approximate surface area is 149 Å². The van der Waals surface area contributed by atoms with Crippen molar-refractivity contribution in [3.05, 3.63) is 22.8 Å². The van der Waals surface area contributed by atoms with Crippen LogP contribution >= 0.6 is 23.1 Å². The Bertz CT molecular complexity index is 804. The fraction of sp³-hybridized carbons (Fsp3) is 0.308. The van der Waals surface area contributed by atoms with Gasteiger partial charge in [-0.1, -0.05) is 5.16 Å². The number of nitrogens with zero attached hydrogens (tertiary/aromatic N) is 3. The fourth-order valence-corrected chi connectivity index (χ4v) is 4.17. The number of nitrogen functional groups attached to an aromatic ring is 1. The molecule has 3 N–H and O–H groups in total. The Morgan fingerprint density at radius 3 is 2.92 bits per heavy atom. The van der Waals surface area contributed by atoms with E-state index < -0.39 is 29.2 Å². The van der Waals surface area contributed by atoms with Gasteiger partial charge in [-0.3, -0.25) is 14.5 Å². The quantitative estimate of drug-likeness (QED) is 0.341. The largest absolute Gasteiger partial charge is 0.543 e. The SMILES string of the molecule is CON=C(C(=O)NC1C(=O)N2C(C(=O)[O-])=CCSC12)c1csc(N)n1. The molecule has 0 bridgehead atoms. The first-order valence-electron chi connectivity index (χ1n) is 6.93. The van der Waals surface area contributed by atoms with Crippen LogP contribution in [0.3, 0.4) is 0 Å². The summed E-state index contributed by atoms with van der Waals surface area (Å²) in [6.07, 6.45) is 1.41. The van der Waals surface area contributed by atoms with Crippen molar-refractivity contribution in [2.45, 2.75) is 11.4 Å². The van der Waals surface area contributed by atoms with Crippen LogP contribution in [0.15, 0.2) is 22.3 Å². The van der Waals surface area contributed by atoms with Crippen molar-refractivity contribution in [2.75, 3.05) is 18.6 Å². The van der Waals surface area contributed by atoms with Gasteiger partial charge in [0.25, 0.3) is 11.8 Å². The van der Waals surface area contributed by atoms with E-state index >= 15 is 0 Å². The first-order valence-corrected chi connectivity index (χ1v) is 8.86. The zero-order valence-corrected chi connectivity index (χ0v) is 14.4. The van der Waals surface area contributed by atoms with Crippen molar-refractivity contribution in [1.82, 2.24) is 15.2 Å². The highest BCUT2D eigenvalue weighted by molar-refractivity contribution is 8.00. The van der Waals surface area contributed by atoms with Gasteiger partial charge in [-0.15, -0.1) is 23.1 Å². The highest BCUT2D eigenvalue weighted by atomic mass is 32.2. The molecule has 2 aliphatic heterocycles. The highest BCUT2D eigenvalue weighted by Gasteiger charge is 2.51. The molecule has 0 aliphatic carbocycles. The number of aromatic nitrogens is 1. The predicted molar refractivity (Wildman–Crippen MR) is 88.2 cm³/mol. The number of carbonyl (C=O) groups excluding carboxylic acids is 3. The average Bonchev–Trinajstić information content (AvgIpc) is 3.02. The summed E-state index contributed by atoms with van der Waals surface area (Å²) in [6.45, 7) is 0. The maximum Gasteiger partial charge on any atom is 0.276 e. The molecule has 2 amide bonds. The van der Waals surface area contributed by atoms with Gasteiger partial charge in [-0.25, -0.2) is 4.98 Å². The molecule has 2 atom stereocenters. The molecule has 1 saturated heterocycles. The van der Waals surface area contributed by atoms with Crippen LogP contribution in [-0.2, 0) is 19.2 Å². The summed E-state index contributed by atoms with van der Waals surface area (Å²) in [6, 6.07) is -0.876. The Morgan fingerprint density at radius 2 is 2.32 bits per heavy atom. The van der Waals surface area contributed by atoms with Crippen LogP contribution in [0.1, 0.15) is 5.69 Å². The van der Waals surface area contributed by atoms with Gasteiger partial charge < -0.3 is 25.8 Å². The van der Waals surface area contributed by atoms with Gasteiger partial charge in [0, 0.05) is 11.1 Å². The van der Waals surface area contributed by atoms with Crippen molar-refractivity contribution < 1.29 is 24.3 Å². The lowest BCUT2D eigenvalue weighted by Crippen LogP contribution is -2.71. The molecule has 0 radical (unpaired) electrons. The van der Waals surface area contributed by atoms with E-state index in [0.29, 0.717) is 5.75 Å². The molecule has 0 aromatic carbocycles. The molecule has 25 heavy (non-hydrogen) atoms. The smallest absolute Gasteiger partial charge is 0.276 e. The number of β-lactam (4-membered cyclic amide) rings is 1. The Morgan fingerprint density at radius 1 is 1.56 bits per heavy atom. The summed E-state index contributed by atoms with van der Waals surface area (Å²) in [5, 5.41) is 18.5. The van der Waals surface area contributed by atoms with Crippen LogP contribution in [0.2, 0.25) is 0 Å². The number of nitrogens with one attached hydrogen (secondary N) is 1. The highest BCUT2D eigenvalue weighted by Crippen LogP contribution is 2.37. The number of nitrogens with two attached hydrogens (primary N) is 1. The number of hydrogen-bond donors (Lipinski definition) is 2. The number of rotatable bonds is 5. The van der Waals surface area contributed by atoms with Gasteiger partial charge in [-0.2, -0.15) is 0 Å². The summed E-state index contributed by atoms with van der Waals surface area (Å²) >= 11 is 2.46. The minimum Gasteiger partial charge on any atom is -0.543 e. The second kappa shape index (κ2) is 6.72. The monoisotopic (exact) mass is 382 g/mol. The Kier molecular flexibility index (Phi) is 4.63. The number of carbonyl (C=O) groups is 3. The van der Waals surface area contributed by atoms with Crippen molar-refractivity contribution in [1.29, 1.82) is 0 Å². The van der Waals surface area contributed by atoms with E-state index in [1.165, 1.54) is 30.3 Å². The lowest BCUT2D eigenvalue weighted by Gasteiger charge is -2.49. The summed E-state index contributed by atoms with van der Waals surface area (Å²) in [5.41, 5.74) is 5.46. The molecule has 3 rings (SSSR count). The number of carboxylic acids is 1. The molecule has 12 heteroatoms. The van der Waals surface area contributed by atoms with Crippen LogP contribution in [0, 0.1) is 0 Å². The standard InChI is InChI=1S/C13H13N5O5S2/c1-23-17-7(5-4-25-13(14)15-5)9(19)16-8-10(20)18-6(12(21)22)2-3-24-11(8)18/h2,4,8,11H,3H2,1H3,(H2,14,15)(H,16,19)(H,21,22)/p-1. The number of anilines is 1. The number of aliphatic carboxylic acids is 1.